The summed E-state index contributed by atoms with van der Waals surface area (Å²) in [6.07, 6.45) is -5.05. The van der Waals surface area contributed by atoms with Gasteiger partial charge in [-0.15, -0.1) is 0 Å². The van der Waals surface area contributed by atoms with Crippen LogP contribution in [0.2, 0.25) is 0 Å². The Morgan fingerprint density at radius 3 is 2.27 bits per heavy atom. The average molecular weight is 373 g/mol. The van der Waals surface area contributed by atoms with Crippen molar-refractivity contribution in [3.63, 3.8) is 0 Å². The zero-order chi connectivity index (χ0) is 20.3. The number of carbonyl (C=O) groups excluding carboxylic acids is 1. The third kappa shape index (κ3) is 6.74. The number of hydrogen-bond donors (Lipinski definition) is 1. The van der Waals surface area contributed by atoms with Crippen molar-refractivity contribution < 1.29 is 22.7 Å². The maximum Gasteiger partial charge on any atom is 0.426 e. The number of hydrogen-bond acceptors (Lipinski definition) is 6. The molecule has 1 N–H and O–H groups in total. The van der Waals surface area contributed by atoms with E-state index < -0.39 is 29.1 Å². The van der Waals surface area contributed by atoms with E-state index in [2.05, 4.69) is 15.4 Å². The predicted molar refractivity (Wildman–Crippen MR) is 87.9 cm³/mol. The molecule has 0 unspecified atom stereocenters. The summed E-state index contributed by atoms with van der Waals surface area (Å²) < 4.78 is 43.8. The lowest BCUT2D eigenvalue weighted by molar-refractivity contribution is -0.138. The average Bonchev–Trinajstić information content (AvgIpc) is 2.41. The fourth-order valence-electron chi connectivity index (χ4n) is 1.84. The summed E-state index contributed by atoms with van der Waals surface area (Å²) in [7, 11) is 0. The molecular formula is C16H22F3N5O2. The number of nitrogens with zero attached hydrogens (tertiary/aromatic N) is 4. The topological polar surface area (TPSA) is 91.1 Å². The zero-order valence-corrected chi connectivity index (χ0v) is 15.5. The molecular weight excluding hydrogens is 351 g/mol. The fraction of sp³-hybridized carbons (Fsp3) is 0.625. The highest BCUT2D eigenvalue weighted by molar-refractivity contribution is 5.69. The lowest BCUT2D eigenvalue weighted by Gasteiger charge is -2.31. The smallest absolute Gasteiger partial charge is 0.426 e. The molecule has 10 heteroatoms. The van der Waals surface area contributed by atoms with Gasteiger partial charge in [0.2, 0.25) is 5.95 Å². The normalized spacial score (nSPS) is 12.3. The number of aromatic nitrogens is 2. The Balaban J connectivity index is 3.23. The second-order valence-electron chi connectivity index (χ2n) is 7.80. The third-order valence-corrected chi connectivity index (χ3v) is 2.69. The van der Waals surface area contributed by atoms with E-state index in [4.69, 9.17) is 10.00 Å². The summed E-state index contributed by atoms with van der Waals surface area (Å²) in [6.45, 7) is 10.7. The van der Waals surface area contributed by atoms with Crippen molar-refractivity contribution in [3.05, 3.63) is 17.5 Å². The highest BCUT2D eigenvalue weighted by atomic mass is 19.4. The molecule has 0 bridgehead atoms. The Hall–Kier alpha value is -2.57. The molecule has 26 heavy (non-hydrogen) atoms. The molecule has 1 aromatic rings. The van der Waals surface area contributed by atoms with Gasteiger partial charge in [-0.25, -0.2) is 20.2 Å². The lowest BCUT2D eigenvalue weighted by Crippen LogP contribution is -2.49. The summed E-state index contributed by atoms with van der Waals surface area (Å²) >= 11 is 0. The van der Waals surface area contributed by atoms with Crippen molar-refractivity contribution >= 4 is 12.0 Å². The minimum atomic E-state index is -4.75. The van der Waals surface area contributed by atoms with Crippen LogP contribution >= 0.6 is 0 Å². The summed E-state index contributed by atoms with van der Waals surface area (Å²) in [6, 6.07) is 1.41. The van der Waals surface area contributed by atoms with Crippen LogP contribution in [0.25, 0.3) is 0 Å². The molecule has 7 nitrogen and oxygen atoms in total. The number of halogens is 3. The molecule has 1 rings (SSSR count). The number of amides is 1. The van der Waals surface area contributed by atoms with Crippen LogP contribution in [0.1, 0.15) is 52.8 Å². The molecule has 0 radical (unpaired) electrons. The summed E-state index contributed by atoms with van der Waals surface area (Å²) in [5.74, 6) is -0.240. The maximum atomic E-state index is 12.9. The van der Waals surface area contributed by atoms with Gasteiger partial charge in [-0.1, -0.05) is 20.8 Å². The van der Waals surface area contributed by atoms with Crippen LogP contribution in [-0.4, -0.2) is 28.2 Å². The Kier molecular flexibility index (Phi) is 6.07. The van der Waals surface area contributed by atoms with Gasteiger partial charge in [0, 0.05) is 12.7 Å². The Bertz CT molecular complexity index is 700. The molecule has 0 aromatic carbocycles. The van der Waals surface area contributed by atoms with E-state index in [0.29, 0.717) is 6.20 Å². The van der Waals surface area contributed by atoms with Gasteiger partial charge in [-0.05, 0) is 26.2 Å². The van der Waals surface area contributed by atoms with E-state index in [1.165, 1.54) is 6.07 Å². The van der Waals surface area contributed by atoms with Crippen LogP contribution in [0, 0.1) is 16.7 Å². The predicted octanol–water partition coefficient (Wildman–Crippen LogP) is 3.66. The van der Waals surface area contributed by atoms with E-state index in [1.807, 2.05) is 20.8 Å². The first-order valence-electron chi connectivity index (χ1n) is 7.74. The minimum absolute atomic E-state index is 0.169. The minimum Gasteiger partial charge on any atom is -0.443 e. The summed E-state index contributed by atoms with van der Waals surface area (Å²) in [5, 5.41) is 10.1. The molecule has 0 saturated heterocycles. The number of carbonyl (C=O) groups is 1. The van der Waals surface area contributed by atoms with Gasteiger partial charge in [0.25, 0.3) is 0 Å². The molecule has 0 aliphatic rings. The van der Waals surface area contributed by atoms with Crippen LogP contribution in [0.3, 0.4) is 0 Å². The van der Waals surface area contributed by atoms with Gasteiger partial charge < -0.3 is 4.74 Å². The molecule has 1 heterocycles. The molecule has 0 saturated carbocycles. The lowest BCUT2D eigenvalue weighted by atomic mass is 9.97. The fourth-order valence-corrected chi connectivity index (χ4v) is 1.84. The first kappa shape index (κ1) is 21.5. The second kappa shape index (κ2) is 7.35. The monoisotopic (exact) mass is 373 g/mol. The maximum absolute atomic E-state index is 12.9. The van der Waals surface area contributed by atoms with Gasteiger partial charge in [0.1, 0.15) is 17.2 Å². The van der Waals surface area contributed by atoms with Crippen molar-refractivity contribution in [2.24, 2.45) is 5.41 Å². The summed E-state index contributed by atoms with van der Waals surface area (Å²) in [4.78, 5) is 19.3. The molecule has 0 aliphatic heterocycles. The van der Waals surface area contributed by atoms with Gasteiger partial charge >= 0.3 is 12.3 Å². The Morgan fingerprint density at radius 1 is 1.27 bits per heavy atom. The molecule has 1 aromatic heterocycles. The highest BCUT2D eigenvalue weighted by Crippen LogP contribution is 2.31. The highest BCUT2D eigenvalue weighted by Gasteiger charge is 2.36. The zero-order valence-electron chi connectivity index (χ0n) is 15.5. The quantitative estimate of drug-likeness (QED) is 0.813. The molecule has 0 spiro atoms. The number of ether oxygens (including phenoxy) is 1. The number of anilines is 1. The van der Waals surface area contributed by atoms with Gasteiger partial charge in [-0.2, -0.15) is 23.4 Å². The van der Waals surface area contributed by atoms with E-state index >= 15 is 0 Å². The number of hydrazine groups is 1. The summed E-state index contributed by atoms with van der Waals surface area (Å²) in [5.41, 5.74) is -0.788. The Labute approximate surface area is 150 Å². The largest absolute Gasteiger partial charge is 0.443 e. The molecule has 1 amide bonds. The number of alkyl halides is 3. The van der Waals surface area contributed by atoms with Crippen LogP contribution in [0.15, 0.2) is 6.20 Å². The van der Waals surface area contributed by atoms with E-state index in [-0.39, 0.29) is 17.9 Å². The van der Waals surface area contributed by atoms with Gasteiger partial charge in [0.05, 0.1) is 0 Å². The Morgan fingerprint density at radius 2 is 1.85 bits per heavy atom. The van der Waals surface area contributed by atoms with Crippen molar-refractivity contribution in [2.45, 2.75) is 53.3 Å². The molecule has 0 aliphatic carbocycles. The standard InChI is InChI=1S/C16H22F3N5O2/c1-14(2,3)9-24(23-13(25)26-15(4,5)6)12-21-8-10(16(17,18)19)11(7-20)22-12/h8H,9H2,1-6H3,(H,23,25). The first-order valence-corrected chi connectivity index (χ1v) is 7.74. The second-order valence-corrected chi connectivity index (χ2v) is 7.80. The SMILES string of the molecule is CC(C)(C)CN(NC(=O)OC(C)(C)C)c1ncc(C(F)(F)F)c(C#N)n1. The van der Waals surface area contributed by atoms with Crippen molar-refractivity contribution in [2.75, 3.05) is 11.6 Å². The van der Waals surface area contributed by atoms with Crippen LogP contribution in [0.4, 0.5) is 23.9 Å². The van der Waals surface area contributed by atoms with Gasteiger partial charge in [-0.3, -0.25) is 0 Å². The number of nitrogens with one attached hydrogen (secondary N) is 1. The third-order valence-electron chi connectivity index (χ3n) is 2.69. The van der Waals surface area contributed by atoms with Crippen LogP contribution in [0.5, 0.6) is 0 Å². The van der Waals surface area contributed by atoms with E-state index in [1.54, 1.807) is 20.8 Å². The number of nitriles is 1. The molecule has 0 fully saturated rings. The van der Waals surface area contributed by atoms with E-state index in [9.17, 15) is 18.0 Å². The van der Waals surface area contributed by atoms with E-state index in [0.717, 1.165) is 5.01 Å². The number of rotatable bonds is 3. The van der Waals surface area contributed by atoms with Crippen LogP contribution in [-0.2, 0) is 10.9 Å². The first-order chi connectivity index (χ1) is 11.6. The van der Waals surface area contributed by atoms with Crippen LogP contribution < -0.4 is 10.4 Å². The van der Waals surface area contributed by atoms with Crippen molar-refractivity contribution in [3.8, 4) is 6.07 Å². The van der Waals surface area contributed by atoms with Crippen molar-refractivity contribution in [1.82, 2.24) is 15.4 Å². The molecule has 0 atom stereocenters. The van der Waals surface area contributed by atoms with Crippen molar-refractivity contribution in [1.29, 1.82) is 5.26 Å². The molecule has 144 valence electrons. The van der Waals surface area contributed by atoms with Gasteiger partial charge in [0.15, 0.2) is 5.69 Å².